The highest BCUT2D eigenvalue weighted by Gasteiger charge is 2.29. The minimum atomic E-state index is -0.227. The lowest BCUT2D eigenvalue weighted by molar-refractivity contribution is 0.0786. The summed E-state index contributed by atoms with van der Waals surface area (Å²) in [6.45, 7) is 1.40. The molecule has 1 aliphatic rings. The summed E-state index contributed by atoms with van der Waals surface area (Å²) in [5, 5.41) is 0.762. The van der Waals surface area contributed by atoms with E-state index >= 15 is 0 Å². The van der Waals surface area contributed by atoms with Crippen LogP contribution in [0.3, 0.4) is 0 Å². The first-order chi connectivity index (χ1) is 10.7. The number of amides is 1. The number of halogens is 1. The standard InChI is InChI=1S/C17H17FN2OS/c1-22-16-15(3-2-9-19-16)17(21)20-10-8-13(11-20)12-4-6-14(18)7-5-12/h2-7,9,13H,8,10-11H2,1H3/t13-/m1/s1. The molecule has 2 heterocycles. The van der Waals surface area contributed by atoms with E-state index in [-0.39, 0.29) is 17.6 Å². The zero-order valence-corrected chi connectivity index (χ0v) is 13.1. The van der Waals surface area contributed by atoms with Crippen LogP contribution in [-0.2, 0) is 0 Å². The molecule has 0 saturated carbocycles. The van der Waals surface area contributed by atoms with Crippen LogP contribution in [0, 0.1) is 5.82 Å². The van der Waals surface area contributed by atoms with Crippen LogP contribution in [0.2, 0.25) is 0 Å². The van der Waals surface area contributed by atoms with Gasteiger partial charge in [-0.2, -0.15) is 0 Å². The monoisotopic (exact) mass is 316 g/mol. The summed E-state index contributed by atoms with van der Waals surface area (Å²) < 4.78 is 13.0. The molecule has 0 aliphatic carbocycles. The van der Waals surface area contributed by atoms with Crippen LogP contribution in [0.15, 0.2) is 47.6 Å². The molecule has 3 nitrogen and oxygen atoms in total. The Labute approximate surface area is 133 Å². The smallest absolute Gasteiger partial charge is 0.256 e. The molecule has 1 saturated heterocycles. The fourth-order valence-corrected chi connectivity index (χ4v) is 3.38. The molecule has 0 N–H and O–H groups in total. The molecule has 0 unspecified atom stereocenters. The maximum absolute atomic E-state index is 13.0. The molecule has 1 aromatic carbocycles. The Morgan fingerprint density at radius 2 is 2.09 bits per heavy atom. The lowest BCUT2D eigenvalue weighted by atomic mass is 9.99. The third-order valence-electron chi connectivity index (χ3n) is 4.01. The van der Waals surface area contributed by atoms with Gasteiger partial charge in [0, 0.05) is 25.2 Å². The van der Waals surface area contributed by atoms with Crippen molar-refractivity contribution in [3.05, 3.63) is 59.5 Å². The van der Waals surface area contributed by atoms with Crippen LogP contribution < -0.4 is 0 Å². The molecule has 5 heteroatoms. The number of carbonyl (C=O) groups is 1. The van der Waals surface area contributed by atoms with E-state index in [1.54, 1.807) is 12.3 Å². The van der Waals surface area contributed by atoms with Crippen LogP contribution in [0.1, 0.15) is 28.3 Å². The van der Waals surface area contributed by atoms with E-state index in [1.807, 2.05) is 29.4 Å². The number of aromatic nitrogens is 1. The minimum absolute atomic E-state index is 0.0297. The van der Waals surface area contributed by atoms with Gasteiger partial charge in [-0.1, -0.05) is 12.1 Å². The largest absolute Gasteiger partial charge is 0.338 e. The van der Waals surface area contributed by atoms with E-state index in [0.29, 0.717) is 12.1 Å². The second kappa shape index (κ2) is 6.48. The predicted octanol–water partition coefficient (Wildman–Crippen LogP) is 3.57. The summed E-state index contributed by atoms with van der Waals surface area (Å²) in [5.74, 6) is 0.0793. The SMILES string of the molecule is CSc1ncccc1C(=O)N1CC[C@@H](c2ccc(F)cc2)C1. The Morgan fingerprint density at radius 1 is 1.32 bits per heavy atom. The summed E-state index contributed by atoms with van der Waals surface area (Å²) >= 11 is 1.48. The highest BCUT2D eigenvalue weighted by Crippen LogP contribution is 2.29. The normalized spacial score (nSPS) is 17.7. The molecule has 0 radical (unpaired) electrons. The van der Waals surface area contributed by atoms with Gasteiger partial charge in [0.1, 0.15) is 10.8 Å². The van der Waals surface area contributed by atoms with Gasteiger partial charge in [-0.05, 0) is 42.5 Å². The fourth-order valence-electron chi connectivity index (χ4n) is 2.84. The Bertz CT molecular complexity index is 675. The Kier molecular flexibility index (Phi) is 4.43. The maximum Gasteiger partial charge on any atom is 0.256 e. The maximum atomic E-state index is 13.0. The second-order valence-corrected chi connectivity index (χ2v) is 6.14. The summed E-state index contributed by atoms with van der Waals surface area (Å²) in [5.41, 5.74) is 1.75. The molecule has 1 atom stereocenters. The zero-order valence-electron chi connectivity index (χ0n) is 12.3. The number of rotatable bonds is 3. The van der Waals surface area contributed by atoms with E-state index in [0.717, 1.165) is 23.6 Å². The molecule has 0 bridgehead atoms. The third kappa shape index (κ3) is 2.99. The van der Waals surface area contributed by atoms with Crippen LogP contribution in [-0.4, -0.2) is 35.1 Å². The van der Waals surface area contributed by atoms with Crippen molar-refractivity contribution in [1.82, 2.24) is 9.88 Å². The average Bonchev–Trinajstić information content (AvgIpc) is 3.05. The van der Waals surface area contributed by atoms with Crippen molar-refractivity contribution in [1.29, 1.82) is 0 Å². The topological polar surface area (TPSA) is 33.2 Å². The number of hydrogen-bond donors (Lipinski definition) is 0. The van der Waals surface area contributed by atoms with Crippen molar-refractivity contribution in [3.63, 3.8) is 0 Å². The molecule has 22 heavy (non-hydrogen) atoms. The number of pyridine rings is 1. The quantitative estimate of drug-likeness (QED) is 0.812. The molecule has 1 amide bonds. The van der Waals surface area contributed by atoms with Gasteiger partial charge < -0.3 is 4.90 Å². The first-order valence-corrected chi connectivity index (χ1v) is 8.45. The van der Waals surface area contributed by atoms with Gasteiger partial charge in [0.25, 0.3) is 5.91 Å². The van der Waals surface area contributed by atoms with Crippen LogP contribution >= 0.6 is 11.8 Å². The van der Waals surface area contributed by atoms with Gasteiger partial charge in [0.15, 0.2) is 0 Å². The van der Waals surface area contributed by atoms with E-state index in [2.05, 4.69) is 4.98 Å². The molecule has 1 aromatic heterocycles. The second-order valence-electron chi connectivity index (χ2n) is 5.35. The first-order valence-electron chi connectivity index (χ1n) is 7.23. The summed E-state index contributed by atoms with van der Waals surface area (Å²) in [6.07, 6.45) is 4.53. The molecule has 1 aliphatic heterocycles. The van der Waals surface area contributed by atoms with Gasteiger partial charge in [0.2, 0.25) is 0 Å². The van der Waals surface area contributed by atoms with Crippen LogP contribution in [0.5, 0.6) is 0 Å². The van der Waals surface area contributed by atoms with Crippen molar-refractivity contribution >= 4 is 17.7 Å². The number of likely N-dealkylation sites (tertiary alicyclic amines) is 1. The molecule has 0 spiro atoms. The average molecular weight is 316 g/mol. The minimum Gasteiger partial charge on any atom is -0.338 e. The summed E-state index contributed by atoms with van der Waals surface area (Å²) in [6, 6.07) is 10.2. The molecule has 1 fully saturated rings. The van der Waals surface area contributed by atoms with Gasteiger partial charge in [0.05, 0.1) is 5.56 Å². The first kappa shape index (κ1) is 15.0. The Balaban J connectivity index is 1.74. The van der Waals surface area contributed by atoms with Crippen molar-refractivity contribution in [3.8, 4) is 0 Å². The Morgan fingerprint density at radius 3 is 2.82 bits per heavy atom. The van der Waals surface area contributed by atoms with Crippen LogP contribution in [0.4, 0.5) is 4.39 Å². The molecule has 3 rings (SSSR count). The van der Waals surface area contributed by atoms with E-state index in [4.69, 9.17) is 0 Å². The Hall–Kier alpha value is -1.88. The highest BCUT2D eigenvalue weighted by molar-refractivity contribution is 7.98. The lowest BCUT2D eigenvalue weighted by Gasteiger charge is -2.18. The molecule has 2 aromatic rings. The number of nitrogens with zero attached hydrogens (tertiary/aromatic N) is 2. The van der Waals surface area contributed by atoms with E-state index in [1.165, 1.54) is 23.9 Å². The summed E-state index contributed by atoms with van der Waals surface area (Å²) in [4.78, 5) is 18.8. The van der Waals surface area contributed by atoms with E-state index < -0.39 is 0 Å². The van der Waals surface area contributed by atoms with E-state index in [9.17, 15) is 9.18 Å². The van der Waals surface area contributed by atoms with Gasteiger partial charge in [-0.3, -0.25) is 4.79 Å². The van der Waals surface area contributed by atoms with Gasteiger partial charge >= 0.3 is 0 Å². The summed E-state index contributed by atoms with van der Waals surface area (Å²) in [7, 11) is 0. The van der Waals surface area contributed by atoms with Crippen molar-refractivity contribution in [2.75, 3.05) is 19.3 Å². The molecular formula is C17H17FN2OS. The lowest BCUT2D eigenvalue weighted by Crippen LogP contribution is -2.29. The number of thioether (sulfide) groups is 1. The van der Waals surface area contributed by atoms with Crippen molar-refractivity contribution in [2.24, 2.45) is 0 Å². The fraction of sp³-hybridized carbons (Fsp3) is 0.294. The zero-order chi connectivity index (χ0) is 15.5. The third-order valence-corrected chi connectivity index (χ3v) is 4.72. The van der Waals surface area contributed by atoms with Crippen molar-refractivity contribution < 1.29 is 9.18 Å². The van der Waals surface area contributed by atoms with Gasteiger partial charge in [-0.25, -0.2) is 9.37 Å². The number of hydrogen-bond acceptors (Lipinski definition) is 3. The van der Waals surface area contributed by atoms with Crippen molar-refractivity contribution in [2.45, 2.75) is 17.4 Å². The highest BCUT2D eigenvalue weighted by atomic mass is 32.2. The van der Waals surface area contributed by atoms with Crippen LogP contribution in [0.25, 0.3) is 0 Å². The molecule has 114 valence electrons. The predicted molar refractivity (Wildman–Crippen MR) is 85.7 cm³/mol. The molecular weight excluding hydrogens is 299 g/mol. The number of benzene rings is 1. The van der Waals surface area contributed by atoms with Gasteiger partial charge in [-0.15, -0.1) is 11.8 Å². The number of carbonyl (C=O) groups excluding carboxylic acids is 1.